The number of aryl methyl sites for hydroxylation is 1. The van der Waals surface area contributed by atoms with Crippen molar-refractivity contribution < 1.29 is 9.21 Å². The highest BCUT2D eigenvalue weighted by molar-refractivity contribution is 5.97. The summed E-state index contributed by atoms with van der Waals surface area (Å²) in [7, 11) is 1.98. The number of amides is 1. The molecule has 1 aliphatic rings. The Labute approximate surface area is 168 Å². The first-order valence-electron chi connectivity index (χ1n) is 9.75. The normalized spacial score (nSPS) is 13.0. The summed E-state index contributed by atoms with van der Waals surface area (Å²) >= 11 is 0. The Morgan fingerprint density at radius 3 is 2.83 bits per heavy atom. The smallest absolute Gasteiger partial charge is 0.254 e. The zero-order valence-corrected chi connectivity index (χ0v) is 16.2. The van der Waals surface area contributed by atoms with Gasteiger partial charge in [0.15, 0.2) is 0 Å². The van der Waals surface area contributed by atoms with E-state index in [2.05, 4.69) is 9.97 Å². The maximum Gasteiger partial charge on any atom is 0.254 e. The van der Waals surface area contributed by atoms with Crippen LogP contribution in [-0.4, -0.2) is 30.6 Å². The molecule has 7 nitrogen and oxygen atoms in total. The summed E-state index contributed by atoms with van der Waals surface area (Å²) < 4.78 is 7.47. The molecule has 4 aromatic rings. The molecule has 0 atom stereocenters. The minimum absolute atomic E-state index is 0.0775. The van der Waals surface area contributed by atoms with Crippen molar-refractivity contribution in [3.05, 3.63) is 77.3 Å². The highest BCUT2D eigenvalue weighted by Crippen LogP contribution is 2.26. The van der Waals surface area contributed by atoms with Gasteiger partial charge in [-0.3, -0.25) is 19.4 Å². The minimum Gasteiger partial charge on any atom is -0.467 e. The van der Waals surface area contributed by atoms with Gasteiger partial charge in [-0.25, -0.2) is 0 Å². The molecule has 29 heavy (non-hydrogen) atoms. The van der Waals surface area contributed by atoms with E-state index in [0.717, 1.165) is 36.2 Å². The lowest BCUT2D eigenvalue weighted by Gasteiger charge is -2.21. The van der Waals surface area contributed by atoms with Crippen LogP contribution in [0.1, 0.15) is 39.5 Å². The first-order chi connectivity index (χ1) is 14.2. The van der Waals surface area contributed by atoms with Crippen LogP contribution in [0.3, 0.4) is 0 Å². The second kappa shape index (κ2) is 7.16. The number of carbonyl (C=O) groups is 1. The number of benzene rings is 1. The number of rotatable bonds is 5. The van der Waals surface area contributed by atoms with Crippen molar-refractivity contribution in [2.75, 3.05) is 0 Å². The molecule has 0 bridgehead atoms. The van der Waals surface area contributed by atoms with Crippen molar-refractivity contribution in [1.29, 1.82) is 0 Å². The van der Waals surface area contributed by atoms with E-state index in [1.54, 1.807) is 35.7 Å². The van der Waals surface area contributed by atoms with Crippen LogP contribution < -0.4 is 0 Å². The van der Waals surface area contributed by atoms with Gasteiger partial charge in [0, 0.05) is 30.7 Å². The fourth-order valence-corrected chi connectivity index (χ4v) is 4.07. The van der Waals surface area contributed by atoms with Crippen LogP contribution in [0.4, 0.5) is 0 Å². The fourth-order valence-electron chi connectivity index (χ4n) is 4.07. The first-order valence-corrected chi connectivity index (χ1v) is 9.75. The molecule has 0 saturated heterocycles. The molecule has 1 amide bonds. The van der Waals surface area contributed by atoms with Gasteiger partial charge in [0.1, 0.15) is 5.76 Å². The van der Waals surface area contributed by atoms with E-state index in [4.69, 9.17) is 9.52 Å². The molecule has 1 aromatic carbocycles. The van der Waals surface area contributed by atoms with Crippen LogP contribution in [0.15, 0.2) is 53.4 Å². The number of hydrogen-bond donors (Lipinski definition) is 0. The molecule has 146 valence electrons. The van der Waals surface area contributed by atoms with Gasteiger partial charge >= 0.3 is 0 Å². The molecule has 0 radical (unpaired) electrons. The molecule has 0 aliphatic heterocycles. The summed E-state index contributed by atoms with van der Waals surface area (Å²) in [5, 5.41) is 4.70. The van der Waals surface area contributed by atoms with E-state index in [1.165, 1.54) is 11.3 Å². The Bertz CT molecular complexity index is 1180. The van der Waals surface area contributed by atoms with Crippen molar-refractivity contribution in [3.8, 4) is 0 Å². The summed E-state index contributed by atoms with van der Waals surface area (Å²) in [6.07, 6.45) is 8.12. The lowest BCUT2D eigenvalue weighted by atomic mass is 10.1. The summed E-state index contributed by atoms with van der Waals surface area (Å²) in [4.78, 5) is 23.8. The zero-order chi connectivity index (χ0) is 19.8. The van der Waals surface area contributed by atoms with Crippen molar-refractivity contribution in [3.63, 3.8) is 0 Å². The Balaban J connectivity index is 1.49. The van der Waals surface area contributed by atoms with Crippen LogP contribution in [0, 0.1) is 0 Å². The van der Waals surface area contributed by atoms with Crippen molar-refractivity contribution in [1.82, 2.24) is 24.6 Å². The maximum absolute atomic E-state index is 13.4. The van der Waals surface area contributed by atoms with Crippen LogP contribution >= 0.6 is 0 Å². The van der Waals surface area contributed by atoms with Crippen LogP contribution in [-0.2, 0) is 33.0 Å². The van der Waals surface area contributed by atoms with E-state index >= 15 is 0 Å². The molecule has 1 aliphatic carbocycles. The SMILES string of the molecule is Cn1nc(CN(Cc2ccco2)C(=O)c2ccc3nccnc3c2)c2c1CCC2. The van der Waals surface area contributed by atoms with Crippen LogP contribution in [0.25, 0.3) is 11.0 Å². The number of nitrogens with zero attached hydrogens (tertiary/aromatic N) is 5. The molecule has 7 heteroatoms. The minimum atomic E-state index is -0.0775. The van der Waals surface area contributed by atoms with E-state index in [0.29, 0.717) is 24.2 Å². The predicted molar refractivity (Wildman–Crippen MR) is 107 cm³/mol. The van der Waals surface area contributed by atoms with Crippen LogP contribution in [0.2, 0.25) is 0 Å². The number of carbonyl (C=O) groups excluding carboxylic acids is 1. The lowest BCUT2D eigenvalue weighted by molar-refractivity contribution is 0.0715. The standard InChI is InChI=1S/C22H21N5O2/c1-26-21-6-2-5-17(21)20(25-26)14-27(13-16-4-3-11-29-16)22(28)15-7-8-18-19(12-15)24-10-9-23-18/h3-4,7-12H,2,5-6,13-14H2,1H3. The summed E-state index contributed by atoms with van der Waals surface area (Å²) in [6, 6.07) is 9.15. The summed E-state index contributed by atoms with van der Waals surface area (Å²) in [5.74, 6) is 0.665. The highest BCUT2D eigenvalue weighted by Gasteiger charge is 2.25. The van der Waals surface area contributed by atoms with E-state index in [1.807, 2.05) is 29.9 Å². The van der Waals surface area contributed by atoms with Gasteiger partial charge in [0.05, 0.1) is 36.1 Å². The van der Waals surface area contributed by atoms with Gasteiger partial charge in [0.25, 0.3) is 5.91 Å². The number of furan rings is 1. The van der Waals surface area contributed by atoms with Gasteiger partial charge in [-0.15, -0.1) is 0 Å². The quantitative estimate of drug-likeness (QED) is 0.525. The molecule has 0 N–H and O–H groups in total. The van der Waals surface area contributed by atoms with Crippen LogP contribution in [0.5, 0.6) is 0 Å². The molecular formula is C22H21N5O2. The molecule has 3 heterocycles. The topological polar surface area (TPSA) is 77.0 Å². The van der Waals surface area contributed by atoms with Gasteiger partial charge in [-0.1, -0.05) is 0 Å². The van der Waals surface area contributed by atoms with E-state index in [-0.39, 0.29) is 5.91 Å². The largest absolute Gasteiger partial charge is 0.467 e. The third kappa shape index (κ3) is 3.29. The fraction of sp³-hybridized carbons (Fsp3) is 0.273. The molecule has 0 saturated carbocycles. The molecule has 3 aromatic heterocycles. The van der Waals surface area contributed by atoms with Crippen molar-refractivity contribution in [2.45, 2.75) is 32.4 Å². The Kier molecular flexibility index (Phi) is 4.35. The zero-order valence-electron chi connectivity index (χ0n) is 16.2. The number of fused-ring (bicyclic) bond motifs is 2. The molecule has 0 unspecified atom stereocenters. The van der Waals surface area contributed by atoms with E-state index in [9.17, 15) is 4.79 Å². The number of hydrogen-bond acceptors (Lipinski definition) is 5. The lowest BCUT2D eigenvalue weighted by Crippen LogP contribution is -2.30. The van der Waals surface area contributed by atoms with Gasteiger partial charge in [-0.05, 0) is 55.2 Å². The Morgan fingerprint density at radius 1 is 1.14 bits per heavy atom. The molecule has 5 rings (SSSR count). The van der Waals surface area contributed by atoms with Gasteiger partial charge < -0.3 is 9.32 Å². The highest BCUT2D eigenvalue weighted by atomic mass is 16.3. The second-order valence-electron chi connectivity index (χ2n) is 7.35. The molecule has 0 fully saturated rings. The van der Waals surface area contributed by atoms with E-state index < -0.39 is 0 Å². The predicted octanol–water partition coefficient (Wildman–Crippen LogP) is 3.29. The second-order valence-corrected chi connectivity index (χ2v) is 7.35. The average molecular weight is 387 g/mol. The first kappa shape index (κ1) is 17.6. The number of aromatic nitrogens is 4. The third-order valence-corrected chi connectivity index (χ3v) is 5.47. The Hall–Kier alpha value is -3.48. The Morgan fingerprint density at radius 2 is 2.00 bits per heavy atom. The van der Waals surface area contributed by atoms with Gasteiger partial charge in [0.2, 0.25) is 0 Å². The third-order valence-electron chi connectivity index (χ3n) is 5.47. The van der Waals surface area contributed by atoms with Crippen molar-refractivity contribution >= 4 is 16.9 Å². The summed E-state index contributed by atoms with van der Waals surface area (Å²) in [6.45, 7) is 0.830. The van der Waals surface area contributed by atoms with Gasteiger partial charge in [-0.2, -0.15) is 5.10 Å². The summed E-state index contributed by atoms with van der Waals surface area (Å²) in [5.41, 5.74) is 5.59. The monoisotopic (exact) mass is 387 g/mol. The average Bonchev–Trinajstić information content (AvgIpc) is 3.48. The van der Waals surface area contributed by atoms with Crippen molar-refractivity contribution in [2.24, 2.45) is 7.05 Å². The molecular weight excluding hydrogens is 366 g/mol. The maximum atomic E-state index is 13.4. The molecule has 0 spiro atoms.